The van der Waals surface area contributed by atoms with Gasteiger partial charge in [0.15, 0.2) is 0 Å². The summed E-state index contributed by atoms with van der Waals surface area (Å²) in [4.78, 5) is 23.4. The number of carbonyl (C=O) groups is 2. The van der Waals surface area contributed by atoms with Gasteiger partial charge in [0.1, 0.15) is 19.5 Å². The number of aliphatic carboxylic acids is 1. The highest BCUT2D eigenvalue weighted by Crippen LogP contribution is 2.38. The molecular weight excluding hydrogens is 262 g/mol. The zero-order chi connectivity index (χ0) is 14.6. The van der Waals surface area contributed by atoms with Gasteiger partial charge in [0, 0.05) is 6.54 Å². The van der Waals surface area contributed by atoms with Gasteiger partial charge in [-0.25, -0.2) is 0 Å². The second-order valence-electron chi connectivity index (χ2n) is 5.65. The van der Waals surface area contributed by atoms with E-state index in [2.05, 4.69) is 12.2 Å². The second-order valence-corrected chi connectivity index (χ2v) is 5.65. The fourth-order valence-corrected chi connectivity index (χ4v) is 2.61. The molecule has 1 fully saturated rings. The summed E-state index contributed by atoms with van der Waals surface area (Å²) >= 11 is 0. The Hall–Kier alpha value is -1.72. The SMILES string of the molecule is CC1CCC(CNC(=O)C2=COCCO2)(C(=O)O)CC1. The normalized spacial score (nSPS) is 29.6. The van der Waals surface area contributed by atoms with Crippen LogP contribution in [0.5, 0.6) is 0 Å². The first kappa shape index (κ1) is 14.7. The number of hydrogen-bond acceptors (Lipinski definition) is 4. The predicted molar refractivity (Wildman–Crippen MR) is 70.7 cm³/mol. The van der Waals surface area contributed by atoms with E-state index in [-0.39, 0.29) is 12.3 Å². The molecule has 6 nitrogen and oxygen atoms in total. The van der Waals surface area contributed by atoms with Gasteiger partial charge in [0.05, 0.1) is 5.41 Å². The van der Waals surface area contributed by atoms with E-state index < -0.39 is 17.3 Å². The Bertz CT molecular complexity index is 410. The number of carbonyl (C=O) groups excluding carboxylic acids is 1. The zero-order valence-electron chi connectivity index (χ0n) is 11.7. The maximum absolute atomic E-state index is 11.9. The molecule has 1 heterocycles. The average molecular weight is 283 g/mol. The Morgan fingerprint density at radius 1 is 1.40 bits per heavy atom. The van der Waals surface area contributed by atoms with E-state index in [0.717, 1.165) is 12.8 Å². The van der Waals surface area contributed by atoms with Crippen LogP contribution in [0.25, 0.3) is 0 Å². The monoisotopic (exact) mass is 283 g/mol. The number of carboxylic acids is 1. The molecule has 0 aromatic heterocycles. The van der Waals surface area contributed by atoms with E-state index in [1.54, 1.807) is 0 Å². The van der Waals surface area contributed by atoms with Gasteiger partial charge in [-0.1, -0.05) is 6.92 Å². The highest BCUT2D eigenvalue weighted by Gasteiger charge is 2.41. The molecule has 0 aromatic rings. The Balaban J connectivity index is 1.94. The van der Waals surface area contributed by atoms with Gasteiger partial charge in [-0.2, -0.15) is 0 Å². The highest BCUT2D eigenvalue weighted by atomic mass is 16.6. The third-order valence-corrected chi connectivity index (χ3v) is 4.15. The minimum absolute atomic E-state index is 0.112. The molecule has 1 aliphatic heterocycles. The maximum atomic E-state index is 11.9. The molecule has 1 amide bonds. The van der Waals surface area contributed by atoms with Crippen molar-refractivity contribution >= 4 is 11.9 Å². The van der Waals surface area contributed by atoms with Crippen molar-refractivity contribution in [1.82, 2.24) is 5.32 Å². The van der Waals surface area contributed by atoms with Crippen LogP contribution in [-0.4, -0.2) is 36.7 Å². The minimum atomic E-state index is -0.849. The third kappa shape index (κ3) is 3.23. The first-order valence-electron chi connectivity index (χ1n) is 7.00. The molecule has 1 saturated carbocycles. The van der Waals surface area contributed by atoms with E-state index >= 15 is 0 Å². The lowest BCUT2D eigenvalue weighted by Gasteiger charge is -2.35. The smallest absolute Gasteiger partial charge is 0.311 e. The Morgan fingerprint density at radius 2 is 2.10 bits per heavy atom. The molecule has 0 unspecified atom stereocenters. The van der Waals surface area contributed by atoms with Crippen LogP contribution in [0.4, 0.5) is 0 Å². The van der Waals surface area contributed by atoms with Crippen LogP contribution in [0.3, 0.4) is 0 Å². The Labute approximate surface area is 118 Å². The standard InChI is InChI=1S/C14H21NO5/c1-10-2-4-14(5-3-10,13(17)18)9-15-12(16)11-8-19-6-7-20-11/h8,10H,2-7,9H2,1H3,(H,15,16)(H,17,18). The molecule has 0 radical (unpaired) electrons. The third-order valence-electron chi connectivity index (χ3n) is 4.15. The first-order valence-corrected chi connectivity index (χ1v) is 7.00. The molecule has 6 heteroatoms. The first-order chi connectivity index (χ1) is 9.53. The second kappa shape index (κ2) is 6.15. The zero-order valence-corrected chi connectivity index (χ0v) is 11.7. The molecule has 2 aliphatic rings. The molecular formula is C14H21NO5. The van der Waals surface area contributed by atoms with Crippen molar-refractivity contribution < 1.29 is 24.2 Å². The summed E-state index contributed by atoms with van der Waals surface area (Å²) in [5.41, 5.74) is -0.849. The van der Waals surface area contributed by atoms with Gasteiger partial charge < -0.3 is 19.9 Å². The molecule has 0 atom stereocenters. The number of rotatable bonds is 4. The van der Waals surface area contributed by atoms with Gasteiger partial charge in [0.2, 0.25) is 5.76 Å². The van der Waals surface area contributed by atoms with Crippen molar-refractivity contribution in [2.75, 3.05) is 19.8 Å². The summed E-state index contributed by atoms with van der Waals surface area (Å²) < 4.78 is 10.2. The van der Waals surface area contributed by atoms with Gasteiger partial charge in [-0.3, -0.25) is 9.59 Å². The van der Waals surface area contributed by atoms with Crippen molar-refractivity contribution in [2.45, 2.75) is 32.6 Å². The van der Waals surface area contributed by atoms with Crippen LogP contribution in [0.15, 0.2) is 12.0 Å². The van der Waals surface area contributed by atoms with Crippen LogP contribution < -0.4 is 5.32 Å². The van der Waals surface area contributed by atoms with Gasteiger partial charge >= 0.3 is 5.97 Å². The Morgan fingerprint density at radius 3 is 2.65 bits per heavy atom. The summed E-state index contributed by atoms with van der Waals surface area (Å²) in [6.45, 7) is 3.02. The number of hydrogen-bond donors (Lipinski definition) is 2. The largest absolute Gasteiger partial charge is 0.494 e. The van der Waals surface area contributed by atoms with Crippen LogP contribution in [0.2, 0.25) is 0 Å². The molecule has 2 rings (SSSR count). The van der Waals surface area contributed by atoms with Gasteiger partial charge in [-0.15, -0.1) is 0 Å². The number of nitrogens with one attached hydrogen (secondary N) is 1. The molecule has 0 saturated heterocycles. The van der Waals surface area contributed by atoms with Crippen molar-refractivity contribution in [1.29, 1.82) is 0 Å². The lowest BCUT2D eigenvalue weighted by Crippen LogP contribution is -2.45. The Kier molecular flexibility index (Phi) is 4.52. The molecule has 0 spiro atoms. The molecule has 2 N–H and O–H groups in total. The van der Waals surface area contributed by atoms with E-state index in [1.807, 2.05) is 0 Å². The fourth-order valence-electron chi connectivity index (χ4n) is 2.61. The number of carboxylic acid groups (broad SMARTS) is 1. The van der Waals surface area contributed by atoms with Crippen LogP contribution in [0, 0.1) is 11.3 Å². The summed E-state index contributed by atoms with van der Waals surface area (Å²) in [5.74, 6) is -0.583. The lowest BCUT2D eigenvalue weighted by molar-refractivity contribution is -0.151. The van der Waals surface area contributed by atoms with Crippen molar-refractivity contribution in [2.24, 2.45) is 11.3 Å². The molecule has 112 valence electrons. The maximum Gasteiger partial charge on any atom is 0.311 e. The summed E-state index contributed by atoms with van der Waals surface area (Å²) in [7, 11) is 0. The quantitative estimate of drug-likeness (QED) is 0.811. The highest BCUT2D eigenvalue weighted by molar-refractivity contribution is 5.91. The summed E-state index contributed by atoms with van der Waals surface area (Å²) in [6, 6.07) is 0. The van der Waals surface area contributed by atoms with Crippen molar-refractivity contribution in [3.05, 3.63) is 12.0 Å². The summed E-state index contributed by atoms with van der Waals surface area (Å²) in [5, 5.41) is 12.1. The van der Waals surface area contributed by atoms with E-state index in [1.165, 1.54) is 6.26 Å². The molecule has 20 heavy (non-hydrogen) atoms. The molecule has 0 bridgehead atoms. The van der Waals surface area contributed by atoms with Gasteiger partial charge in [-0.05, 0) is 31.6 Å². The predicted octanol–water partition coefficient (Wildman–Crippen LogP) is 1.27. The van der Waals surface area contributed by atoms with Gasteiger partial charge in [0.25, 0.3) is 5.91 Å². The fraction of sp³-hybridized carbons (Fsp3) is 0.714. The van der Waals surface area contributed by atoms with E-state index in [9.17, 15) is 14.7 Å². The van der Waals surface area contributed by atoms with Crippen LogP contribution in [0.1, 0.15) is 32.6 Å². The molecule has 0 aromatic carbocycles. The minimum Gasteiger partial charge on any atom is -0.494 e. The number of ether oxygens (including phenoxy) is 2. The summed E-state index contributed by atoms with van der Waals surface area (Å²) in [6.07, 6.45) is 4.23. The molecule has 1 aliphatic carbocycles. The van der Waals surface area contributed by atoms with Crippen LogP contribution >= 0.6 is 0 Å². The van der Waals surface area contributed by atoms with E-state index in [4.69, 9.17) is 9.47 Å². The van der Waals surface area contributed by atoms with E-state index in [0.29, 0.717) is 32.0 Å². The average Bonchev–Trinajstić information content (AvgIpc) is 2.47. The topological polar surface area (TPSA) is 84.9 Å². The van der Waals surface area contributed by atoms with Crippen molar-refractivity contribution in [3.63, 3.8) is 0 Å². The lowest BCUT2D eigenvalue weighted by atomic mass is 9.71. The van der Waals surface area contributed by atoms with Crippen molar-refractivity contribution in [3.8, 4) is 0 Å². The van der Waals surface area contributed by atoms with Crippen LogP contribution in [-0.2, 0) is 19.1 Å². The number of amides is 1.